The molecule has 0 aliphatic rings. The van der Waals surface area contributed by atoms with E-state index in [0.717, 1.165) is 27.3 Å². The van der Waals surface area contributed by atoms with E-state index >= 15 is 0 Å². The number of carboxylic acid groups (broad SMARTS) is 3. The minimum absolute atomic E-state index is 0. The second kappa shape index (κ2) is 43.2. The number of carbonyl (C=O) groups excluding carboxylic acids is 3. The molecule has 0 heterocycles. The molecule has 12 heteroatoms. The molecule has 0 aliphatic heterocycles. The monoisotopic (exact) mass is 350 g/mol. The van der Waals surface area contributed by atoms with Crippen molar-refractivity contribution in [3.8, 4) is 0 Å². The first-order valence-corrected chi connectivity index (χ1v) is 5.19. The SMILES string of the molecule is CC(=O)[O-].CC(=O)[O-].CC(=O)[O-].CCONCCN.[Na+].[Na+].[Na+]. The van der Waals surface area contributed by atoms with Crippen molar-refractivity contribution in [2.75, 3.05) is 19.7 Å². The minimum Gasteiger partial charge on any atom is -0.550 e. The van der Waals surface area contributed by atoms with E-state index in [9.17, 15) is 0 Å². The summed E-state index contributed by atoms with van der Waals surface area (Å²) in [5.41, 5.74) is 7.79. The van der Waals surface area contributed by atoms with Crippen LogP contribution in [-0.2, 0) is 19.2 Å². The van der Waals surface area contributed by atoms with E-state index in [0.29, 0.717) is 13.2 Å². The normalized spacial score (nSPS) is 6.41. The van der Waals surface area contributed by atoms with Gasteiger partial charge in [0.05, 0.1) is 6.61 Å². The smallest absolute Gasteiger partial charge is 0.550 e. The maximum atomic E-state index is 8.89. The molecule has 0 aromatic heterocycles. The largest absolute Gasteiger partial charge is 1.00 e. The Bertz CT molecular complexity index is 190. The van der Waals surface area contributed by atoms with Crippen LogP contribution in [0.2, 0.25) is 0 Å². The van der Waals surface area contributed by atoms with Crippen LogP contribution in [0.4, 0.5) is 0 Å². The molecule has 0 radical (unpaired) electrons. The van der Waals surface area contributed by atoms with Gasteiger partial charge in [0.1, 0.15) is 0 Å². The molecular formula is C10H21N2Na3O7. The fourth-order valence-electron chi connectivity index (χ4n) is 0.233. The molecule has 0 rings (SSSR count). The van der Waals surface area contributed by atoms with Crippen LogP contribution in [0.5, 0.6) is 0 Å². The summed E-state index contributed by atoms with van der Waals surface area (Å²) in [6.07, 6.45) is 0. The standard InChI is InChI=1S/C4H12N2O.3C2H4O2.3Na/c1-2-7-6-4-3-5;3*1-2(3)4;;;/h6H,2-5H2,1H3;3*1H3,(H,3,4);;;/q;;;;3*+1/p-3. The first-order valence-electron chi connectivity index (χ1n) is 5.19. The topological polar surface area (TPSA) is 168 Å². The average molecular weight is 350 g/mol. The average Bonchev–Trinajstić information content (AvgIpc) is 2.15. The van der Waals surface area contributed by atoms with Crippen molar-refractivity contribution in [2.45, 2.75) is 27.7 Å². The molecule has 116 valence electrons. The Labute approximate surface area is 197 Å². The Morgan fingerprint density at radius 2 is 1.14 bits per heavy atom. The Morgan fingerprint density at radius 3 is 1.27 bits per heavy atom. The van der Waals surface area contributed by atoms with Gasteiger partial charge in [-0.15, -0.1) is 0 Å². The maximum absolute atomic E-state index is 8.89. The molecule has 0 atom stereocenters. The number of nitrogens with one attached hydrogen (secondary N) is 1. The van der Waals surface area contributed by atoms with E-state index in [-0.39, 0.29) is 88.7 Å². The summed E-state index contributed by atoms with van der Waals surface area (Å²) in [6, 6.07) is 0. The minimum atomic E-state index is -1.08. The summed E-state index contributed by atoms with van der Waals surface area (Å²) in [5.74, 6) is -3.25. The van der Waals surface area contributed by atoms with E-state index in [4.69, 9.17) is 40.3 Å². The molecule has 22 heavy (non-hydrogen) atoms. The van der Waals surface area contributed by atoms with Crippen molar-refractivity contribution in [1.29, 1.82) is 0 Å². The number of nitrogens with two attached hydrogens (primary N) is 1. The third-order valence-electron chi connectivity index (χ3n) is 0.493. The fourth-order valence-corrected chi connectivity index (χ4v) is 0.233. The van der Waals surface area contributed by atoms with Crippen LogP contribution in [0, 0.1) is 0 Å². The van der Waals surface area contributed by atoms with Crippen LogP contribution in [0.1, 0.15) is 27.7 Å². The molecule has 0 aromatic carbocycles. The van der Waals surface area contributed by atoms with Gasteiger partial charge in [0.2, 0.25) is 0 Å². The molecule has 3 N–H and O–H groups in total. The molecule has 0 aliphatic carbocycles. The van der Waals surface area contributed by atoms with Crippen molar-refractivity contribution in [2.24, 2.45) is 5.73 Å². The van der Waals surface area contributed by atoms with Crippen molar-refractivity contribution in [1.82, 2.24) is 5.48 Å². The molecule has 0 amide bonds. The molecule has 0 fully saturated rings. The molecule has 0 aromatic rings. The molecular weight excluding hydrogens is 329 g/mol. The number of carboxylic acids is 3. The second-order valence-corrected chi connectivity index (χ2v) is 2.59. The summed E-state index contributed by atoms with van der Waals surface area (Å²) in [6.45, 7) is 6.89. The quantitative estimate of drug-likeness (QED) is 0.284. The van der Waals surface area contributed by atoms with Crippen molar-refractivity contribution in [3.05, 3.63) is 0 Å². The first-order chi connectivity index (χ1) is 8.61. The van der Waals surface area contributed by atoms with Gasteiger partial charge in [0.15, 0.2) is 0 Å². The van der Waals surface area contributed by atoms with Crippen LogP contribution in [0.25, 0.3) is 0 Å². The fraction of sp³-hybridized carbons (Fsp3) is 0.700. The third-order valence-corrected chi connectivity index (χ3v) is 0.493. The number of hydrogen-bond donors (Lipinski definition) is 2. The Kier molecular flexibility index (Phi) is 85.7. The van der Waals surface area contributed by atoms with Gasteiger partial charge in [-0.2, -0.15) is 0 Å². The number of carbonyl (C=O) groups is 3. The van der Waals surface area contributed by atoms with Crippen molar-refractivity contribution in [3.63, 3.8) is 0 Å². The van der Waals surface area contributed by atoms with Gasteiger partial charge >= 0.3 is 88.7 Å². The van der Waals surface area contributed by atoms with E-state index in [1.165, 1.54) is 0 Å². The number of aliphatic carboxylic acids is 3. The molecule has 0 bridgehead atoms. The van der Waals surface area contributed by atoms with Crippen LogP contribution < -0.4 is 115 Å². The molecule has 9 nitrogen and oxygen atoms in total. The summed E-state index contributed by atoms with van der Waals surface area (Å²) < 4.78 is 0. The molecule has 0 spiro atoms. The maximum Gasteiger partial charge on any atom is 1.00 e. The molecule has 0 saturated carbocycles. The van der Waals surface area contributed by atoms with E-state index < -0.39 is 17.9 Å². The van der Waals surface area contributed by atoms with Crippen LogP contribution >= 0.6 is 0 Å². The number of hydrogen-bond acceptors (Lipinski definition) is 9. The summed E-state index contributed by atoms with van der Waals surface area (Å²) in [4.78, 5) is 31.4. The van der Waals surface area contributed by atoms with Gasteiger partial charge in [-0.3, -0.25) is 0 Å². The van der Waals surface area contributed by atoms with Gasteiger partial charge in [-0.1, -0.05) is 0 Å². The van der Waals surface area contributed by atoms with Crippen molar-refractivity contribution < 1.29 is 123 Å². The van der Waals surface area contributed by atoms with Crippen LogP contribution in [0.15, 0.2) is 0 Å². The zero-order valence-corrected chi connectivity index (χ0v) is 20.6. The Balaban J connectivity index is -0.0000000270. The molecule has 0 saturated heterocycles. The number of hydroxylamine groups is 1. The first kappa shape index (κ1) is 43.6. The van der Waals surface area contributed by atoms with Gasteiger partial charge in [0.25, 0.3) is 0 Å². The van der Waals surface area contributed by atoms with E-state index in [2.05, 4.69) is 5.48 Å². The number of rotatable bonds is 4. The van der Waals surface area contributed by atoms with E-state index in [1.54, 1.807) is 0 Å². The van der Waals surface area contributed by atoms with Gasteiger partial charge in [-0.25, -0.2) is 5.48 Å². The van der Waals surface area contributed by atoms with Crippen LogP contribution in [0.3, 0.4) is 0 Å². The van der Waals surface area contributed by atoms with Gasteiger partial charge in [0, 0.05) is 31.0 Å². The Morgan fingerprint density at radius 1 is 0.909 bits per heavy atom. The third kappa shape index (κ3) is 313. The van der Waals surface area contributed by atoms with Crippen LogP contribution in [-0.4, -0.2) is 37.6 Å². The predicted molar refractivity (Wildman–Crippen MR) is 60.7 cm³/mol. The van der Waals surface area contributed by atoms with Gasteiger partial charge < -0.3 is 40.3 Å². The zero-order chi connectivity index (χ0) is 16.3. The summed E-state index contributed by atoms with van der Waals surface area (Å²) in [5, 5.41) is 26.7. The predicted octanol–water partition coefficient (Wildman–Crippen LogP) is -13.2. The van der Waals surface area contributed by atoms with Gasteiger partial charge in [-0.05, 0) is 27.7 Å². The molecule has 0 unspecified atom stereocenters. The second-order valence-electron chi connectivity index (χ2n) is 2.59. The Hall–Kier alpha value is 1.29. The summed E-state index contributed by atoms with van der Waals surface area (Å²) >= 11 is 0. The van der Waals surface area contributed by atoms with Crippen molar-refractivity contribution >= 4 is 17.9 Å². The summed E-state index contributed by atoms with van der Waals surface area (Å²) in [7, 11) is 0. The van der Waals surface area contributed by atoms with E-state index in [1.807, 2.05) is 6.92 Å². The zero-order valence-electron chi connectivity index (χ0n) is 14.6.